The number of pyridine rings is 2. The molecule has 0 aliphatic carbocycles. The van der Waals surface area contributed by atoms with Crippen LogP contribution in [0.5, 0.6) is 0 Å². The van der Waals surface area contributed by atoms with Crippen LogP contribution in [0.2, 0.25) is 0 Å². The van der Waals surface area contributed by atoms with E-state index >= 15 is 0 Å². The van der Waals surface area contributed by atoms with Crippen molar-refractivity contribution in [2.24, 2.45) is 0 Å². The molecule has 0 fully saturated rings. The third-order valence-corrected chi connectivity index (χ3v) is 2.83. The van der Waals surface area contributed by atoms with Crippen molar-refractivity contribution in [1.29, 1.82) is 0 Å². The molecule has 2 aromatic heterocycles. The van der Waals surface area contributed by atoms with Crippen LogP contribution in [0.3, 0.4) is 0 Å². The first-order valence-corrected chi connectivity index (χ1v) is 5.52. The molecule has 0 radical (unpaired) electrons. The first-order valence-electron chi connectivity index (χ1n) is 5.52. The maximum Gasteiger partial charge on any atom is 0.356 e. The molecule has 3 rings (SSSR count). The van der Waals surface area contributed by atoms with Crippen molar-refractivity contribution >= 4 is 27.8 Å². The van der Waals surface area contributed by atoms with Gasteiger partial charge in [0.2, 0.25) is 0 Å². The predicted octanol–water partition coefficient (Wildman–Crippen LogP) is 2.57. The summed E-state index contributed by atoms with van der Waals surface area (Å²) in [5, 5.41) is 1.95. The lowest BCUT2D eigenvalue weighted by molar-refractivity contribution is 0.0594. The van der Waals surface area contributed by atoms with E-state index in [2.05, 4.69) is 14.7 Å². The number of hydrogen-bond donors (Lipinski definition) is 0. The van der Waals surface area contributed by atoms with Gasteiger partial charge >= 0.3 is 5.97 Å². The Morgan fingerprint density at radius 2 is 1.78 bits per heavy atom. The average molecular weight is 238 g/mol. The molecule has 3 aromatic rings. The van der Waals surface area contributed by atoms with E-state index in [1.807, 2.05) is 30.3 Å². The first-order chi connectivity index (χ1) is 8.79. The Hall–Kier alpha value is -2.49. The topological polar surface area (TPSA) is 52.1 Å². The van der Waals surface area contributed by atoms with Crippen LogP contribution < -0.4 is 0 Å². The number of rotatable bonds is 1. The molecule has 0 bridgehead atoms. The minimum Gasteiger partial charge on any atom is -0.464 e. The highest BCUT2D eigenvalue weighted by atomic mass is 16.5. The lowest BCUT2D eigenvalue weighted by Crippen LogP contribution is -2.04. The van der Waals surface area contributed by atoms with Gasteiger partial charge in [-0.05, 0) is 12.1 Å². The van der Waals surface area contributed by atoms with Crippen LogP contribution in [-0.2, 0) is 4.74 Å². The van der Waals surface area contributed by atoms with Gasteiger partial charge in [0.25, 0.3) is 0 Å². The minimum atomic E-state index is -0.440. The van der Waals surface area contributed by atoms with E-state index in [1.54, 1.807) is 12.3 Å². The highest BCUT2D eigenvalue weighted by Gasteiger charge is 2.09. The lowest BCUT2D eigenvalue weighted by Gasteiger charge is -2.04. The summed E-state index contributed by atoms with van der Waals surface area (Å²) in [5.74, 6) is -0.440. The SMILES string of the molecule is COC(=O)c1ccc2ccc3cccnc3c2n1. The number of aromatic nitrogens is 2. The zero-order valence-corrected chi connectivity index (χ0v) is 9.75. The number of methoxy groups -OCH3 is 1. The van der Waals surface area contributed by atoms with Crippen molar-refractivity contribution in [2.75, 3.05) is 7.11 Å². The Labute approximate surface area is 103 Å². The lowest BCUT2D eigenvalue weighted by atomic mass is 10.1. The number of fused-ring (bicyclic) bond motifs is 3. The second-order valence-corrected chi connectivity index (χ2v) is 3.90. The summed E-state index contributed by atoms with van der Waals surface area (Å²) in [4.78, 5) is 20.1. The van der Waals surface area contributed by atoms with Crippen LogP contribution in [0.15, 0.2) is 42.6 Å². The molecule has 0 aliphatic heterocycles. The van der Waals surface area contributed by atoms with Gasteiger partial charge in [-0.25, -0.2) is 9.78 Å². The van der Waals surface area contributed by atoms with Gasteiger partial charge in [-0.2, -0.15) is 0 Å². The number of benzene rings is 1. The van der Waals surface area contributed by atoms with Crippen molar-refractivity contribution in [3.8, 4) is 0 Å². The Morgan fingerprint density at radius 1 is 1.06 bits per heavy atom. The summed E-state index contributed by atoms with van der Waals surface area (Å²) >= 11 is 0. The molecule has 1 aromatic carbocycles. The number of hydrogen-bond acceptors (Lipinski definition) is 4. The molecule has 0 spiro atoms. The molecule has 0 N–H and O–H groups in total. The number of carbonyl (C=O) groups is 1. The summed E-state index contributed by atoms with van der Waals surface area (Å²) in [6.45, 7) is 0. The fourth-order valence-electron chi connectivity index (χ4n) is 1.94. The first kappa shape index (κ1) is 10.7. The van der Waals surface area contributed by atoms with E-state index in [9.17, 15) is 4.79 Å². The Kier molecular flexibility index (Phi) is 2.41. The second kappa shape index (κ2) is 4.07. The van der Waals surface area contributed by atoms with E-state index < -0.39 is 5.97 Å². The number of esters is 1. The molecular weight excluding hydrogens is 228 g/mol. The van der Waals surface area contributed by atoms with E-state index in [4.69, 9.17) is 0 Å². The molecule has 0 aliphatic rings. The average Bonchev–Trinajstić information content (AvgIpc) is 2.45. The summed E-state index contributed by atoms with van der Waals surface area (Å²) in [5.41, 5.74) is 1.81. The summed E-state index contributed by atoms with van der Waals surface area (Å²) in [6, 6.07) is 11.3. The van der Waals surface area contributed by atoms with Gasteiger partial charge < -0.3 is 4.74 Å². The van der Waals surface area contributed by atoms with Crippen LogP contribution >= 0.6 is 0 Å². The molecule has 2 heterocycles. The van der Waals surface area contributed by atoms with Crippen LogP contribution in [0.4, 0.5) is 0 Å². The molecule has 0 unspecified atom stereocenters. The zero-order chi connectivity index (χ0) is 12.5. The van der Waals surface area contributed by atoms with Gasteiger partial charge in [0, 0.05) is 17.0 Å². The smallest absolute Gasteiger partial charge is 0.356 e. The van der Waals surface area contributed by atoms with E-state index in [0.717, 1.165) is 21.8 Å². The van der Waals surface area contributed by atoms with Crippen molar-refractivity contribution in [2.45, 2.75) is 0 Å². The van der Waals surface area contributed by atoms with Crippen molar-refractivity contribution in [3.63, 3.8) is 0 Å². The maximum absolute atomic E-state index is 11.5. The fourth-order valence-corrected chi connectivity index (χ4v) is 1.94. The van der Waals surface area contributed by atoms with Gasteiger partial charge in [-0.1, -0.05) is 24.3 Å². The maximum atomic E-state index is 11.5. The van der Waals surface area contributed by atoms with E-state index in [0.29, 0.717) is 5.69 Å². The van der Waals surface area contributed by atoms with Gasteiger partial charge in [0.05, 0.1) is 18.1 Å². The van der Waals surface area contributed by atoms with Crippen LogP contribution in [-0.4, -0.2) is 23.0 Å². The van der Waals surface area contributed by atoms with Gasteiger partial charge in [0.15, 0.2) is 0 Å². The van der Waals surface area contributed by atoms with Crippen LogP contribution in [0, 0.1) is 0 Å². The van der Waals surface area contributed by atoms with Crippen molar-refractivity contribution in [1.82, 2.24) is 9.97 Å². The normalized spacial score (nSPS) is 10.7. The molecule has 88 valence electrons. The molecule has 0 saturated heterocycles. The Morgan fingerprint density at radius 3 is 2.56 bits per heavy atom. The molecule has 0 atom stereocenters. The molecule has 4 nitrogen and oxygen atoms in total. The number of nitrogens with zero attached hydrogens (tertiary/aromatic N) is 2. The Bertz CT molecular complexity index is 753. The molecule has 0 amide bonds. The summed E-state index contributed by atoms with van der Waals surface area (Å²) in [7, 11) is 1.34. The zero-order valence-electron chi connectivity index (χ0n) is 9.75. The minimum absolute atomic E-state index is 0.295. The Balaban J connectivity index is 2.36. The molecule has 4 heteroatoms. The monoisotopic (exact) mass is 238 g/mol. The van der Waals surface area contributed by atoms with Crippen molar-refractivity contribution < 1.29 is 9.53 Å². The van der Waals surface area contributed by atoms with E-state index in [-0.39, 0.29) is 0 Å². The van der Waals surface area contributed by atoms with Crippen LogP contribution in [0.25, 0.3) is 21.8 Å². The quantitative estimate of drug-likeness (QED) is 0.483. The van der Waals surface area contributed by atoms with Gasteiger partial charge in [0.1, 0.15) is 5.69 Å². The highest BCUT2D eigenvalue weighted by Crippen LogP contribution is 2.22. The molecular formula is C14H10N2O2. The van der Waals surface area contributed by atoms with Crippen LogP contribution in [0.1, 0.15) is 10.5 Å². The summed E-state index contributed by atoms with van der Waals surface area (Å²) < 4.78 is 4.68. The third-order valence-electron chi connectivity index (χ3n) is 2.83. The van der Waals surface area contributed by atoms with Crippen molar-refractivity contribution in [3.05, 3.63) is 48.3 Å². The van der Waals surface area contributed by atoms with Gasteiger partial charge in [-0.3, -0.25) is 4.98 Å². The second-order valence-electron chi connectivity index (χ2n) is 3.90. The van der Waals surface area contributed by atoms with Gasteiger partial charge in [-0.15, -0.1) is 0 Å². The predicted molar refractivity (Wildman–Crippen MR) is 68.4 cm³/mol. The van der Waals surface area contributed by atoms with E-state index in [1.165, 1.54) is 7.11 Å². The highest BCUT2D eigenvalue weighted by molar-refractivity contribution is 6.04. The molecule has 0 saturated carbocycles. The number of carbonyl (C=O) groups excluding carboxylic acids is 1. The fraction of sp³-hybridized carbons (Fsp3) is 0.0714. The summed E-state index contributed by atoms with van der Waals surface area (Å²) in [6.07, 6.45) is 1.72. The standard InChI is InChI=1S/C14H10N2O2/c1-18-14(17)11-7-6-10-5-4-9-3-2-8-15-12(9)13(10)16-11/h2-8H,1H3. The largest absolute Gasteiger partial charge is 0.464 e. The number of ether oxygens (including phenoxy) is 1. The third kappa shape index (κ3) is 1.59. The molecule has 18 heavy (non-hydrogen) atoms.